The molecule has 2 aromatic carbocycles. The number of anilines is 1. The molecule has 0 aromatic heterocycles. The van der Waals surface area contributed by atoms with E-state index in [1.807, 2.05) is 45.9 Å². The molecule has 2 aromatic rings. The summed E-state index contributed by atoms with van der Waals surface area (Å²) in [6.07, 6.45) is 1.92. The van der Waals surface area contributed by atoms with Crippen molar-refractivity contribution in [1.29, 1.82) is 0 Å². The molecule has 0 aliphatic heterocycles. The first-order valence-electron chi connectivity index (χ1n) is 13.0. The molecule has 210 valence electrons. The number of ether oxygens (including phenoxy) is 1. The second kappa shape index (κ2) is 15.0. The molecule has 1 unspecified atom stereocenters. The molecule has 0 bridgehead atoms. The highest BCUT2D eigenvalue weighted by molar-refractivity contribution is 7.92. The third kappa shape index (κ3) is 9.51. The summed E-state index contributed by atoms with van der Waals surface area (Å²) in [6, 6.07) is 13.4. The van der Waals surface area contributed by atoms with Gasteiger partial charge in [0.25, 0.3) is 0 Å². The summed E-state index contributed by atoms with van der Waals surface area (Å²) in [5.74, 6) is 0.468. The first-order chi connectivity index (χ1) is 18.0. The summed E-state index contributed by atoms with van der Waals surface area (Å²) >= 11 is 6.38. The fraction of sp³-hybridized carbons (Fsp3) is 0.500. The molecule has 0 heterocycles. The number of carbonyl (C=O) groups excluding carboxylic acids is 2. The van der Waals surface area contributed by atoms with Gasteiger partial charge in [0.1, 0.15) is 11.8 Å². The van der Waals surface area contributed by atoms with Gasteiger partial charge in [0.15, 0.2) is 0 Å². The number of nitrogens with one attached hydrogen (secondary N) is 1. The van der Waals surface area contributed by atoms with Crippen LogP contribution in [0.15, 0.2) is 48.5 Å². The van der Waals surface area contributed by atoms with Crippen LogP contribution in [-0.4, -0.2) is 57.1 Å². The lowest BCUT2D eigenvalue weighted by atomic mass is 10.1. The Bertz CT molecular complexity index is 1160. The molecule has 10 heteroatoms. The van der Waals surface area contributed by atoms with E-state index in [2.05, 4.69) is 5.32 Å². The van der Waals surface area contributed by atoms with Gasteiger partial charge in [-0.2, -0.15) is 0 Å². The van der Waals surface area contributed by atoms with E-state index in [1.54, 1.807) is 35.2 Å². The molecule has 0 saturated heterocycles. The Hall–Kier alpha value is -2.78. The van der Waals surface area contributed by atoms with E-state index in [-0.39, 0.29) is 43.7 Å². The Morgan fingerprint density at radius 3 is 2.26 bits per heavy atom. The quantitative estimate of drug-likeness (QED) is 0.332. The fourth-order valence-corrected chi connectivity index (χ4v) is 5.19. The normalized spacial score (nSPS) is 12.2. The SMILES string of the molecule is CCOc1ccc(N(CCCC(=O)N(Cc2ccccc2Cl)C(CC)C(=O)NCC(C)C)S(C)(=O)=O)cc1. The molecule has 0 radical (unpaired) electrons. The highest BCUT2D eigenvalue weighted by Crippen LogP contribution is 2.24. The standard InChI is InChI=1S/C28H40ClN3O5S/c1-6-26(28(34)30-19-21(3)4)31(20-22-11-8-9-12-25(22)29)27(33)13-10-18-32(38(5,35)36)23-14-16-24(17-15-23)37-7-2/h8-9,11-12,14-17,21,26H,6-7,10,13,18-20H2,1-5H3,(H,30,34). The summed E-state index contributed by atoms with van der Waals surface area (Å²) in [5, 5.41) is 3.45. The van der Waals surface area contributed by atoms with Gasteiger partial charge in [-0.05, 0) is 61.6 Å². The Kier molecular flexibility index (Phi) is 12.4. The fourth-order valence-electron chi connectivity index (χ4n) is 4.03. The van der Waals surface area contributed by atoms with Crippen LogP contribution in [0.4, 0.5) is 5.69 Å². The van der Waals surface area contributed by atoms with E-state index >= 15 is 0 Å². The van der Waals surface area contributed by atoms with Crippen LogP contribution >= 0.6 is 11.6 Å². The second-order valence-corrected chi connectivity index (χ2v) is 11.9. The molecule has 0 saturated carbocycles. The van der Waals surface area contributed by atoms with Crippen LogP contribution < -0.4 is 14.4 Å². The molecule has 2 rings (SSSR count). The van der Waals surface area contributed by atoms with Gasteiger partial charge in [0, 0.05) is 31.1 Å². The molecular formula is C28H40ClN3O5S. The van der Waals surface area contributed by atoms with Gasteiger partial charge in [0.2, 0.25) is 21.8 Å². The molecule has 0 spiro atoms. The summed E-state index contributed by atoms with van der Waals surface area (Å²) in [6.45, 7) is 9.07. The predicted octanol–water partition coefficient (Wildman–Crippen LogP) is 4.86. The molecular weight excluding hydrogens is 526 g/mol. The van der Waals surface area contributed by atoms with E-state index in [1.165, 1.54) is 4.31 Å². The van der Waals surface area contributed by atoms with Crippen molar-refractivity contribution in [2.24, 2.45) is 5.92 Å². The number of hydrogen-bond donors (Lipinski definition) is 1. The summed E-state index contributed by atoms with van der Waals surface area (Å²) < 4.78 is 31.8. The van der Waals surface area contributed by atoms with Crippen LogP contribution in [0.5, 0.6) is 5.75 Å². The molecule has 0 fully saturated rings. The zero-order valence-corrected chi connectivity index (χ0v) is 24.5. The highest BCUT2D eigenvalue weighted by atomic mass is 35.5. The maximum atomic E-state index is 13.5. The Labute approximate surface area is 232 Å². The van der Waals surface area contributed by atoms with Crippen LogP contribution in [-0.2, 0) is 26.2 Å². The van der Waals surface area contributed by atoms with E-state index < -0.39 is 16.1 Å². The number of rotatable bonds is 15. The first-order valence-corrected chi connectivity index (χ1v) is 15.2. The van der Waals surface area contributed by atoms with Crippen molar-refractivity contribution < 1.29 is 22.7 Å². The highest BCUT2D eigenvalue weighted by Gasteiger charge is 2.29. The van der Waals surface area contributed by atoms with Crippen molar-refractivity contribution in [1.82, 2.24) is 10.2 Å². The predicted molar refractivity (Wildman–Crippen MR) is 153 cm³/mol. The van der Waals surface area contributed by atoms with Crippen LogP contribution in [0.25, 0.3) is 0 Å². The van der Waals surface area contributed by atoms with Crippen LogP contribution in [0.1, 0.15) is 52.5 Å². The number of benzene rings is 2. The number of sulfonamides is 1. The first kappa shape index (κ1) is 31.4. The third-order valence-corrected chi connectivity index (χ3v) is 7.52. The largest absolute Gasteiger partial charge is 0.494 e. The number of hydrogen-bond acceptors (Lipinski definition) is 5. The maximum absolute atomic E-state index is 13.5. The molecule has 8 nitrogen and oxygen atoms in total. The van der Waals surface area contributed by atoms with Crippen molar-refractivity contribution in [2.75, 3.05) is 30.3 Å². The van der Waals surface area contributed by atoms with E-state index in [4.69, 9.17) is 16.3 Å². The Morgan fingerprint density at radius 2 is 1.71 bits per heavy atom. The van der Waals surface area contributed by atoms with Crippen LogP contribution in [0.3, 0.4) is 0 Å². The van der Waals surface area contributed by atoms with E-state index in [9.17, 15) is 18.0 Å². The van der Waals surface area contributed by atoms with Crippen LogP contribution in [0.2, 0.25) is 5.02 Å². The minimum atomic E-state index is -3.58. The van der Waals surface area contributed by atoms with E-state index in [0.29, 0.717) is 36.0 Å². The topological polar surface area (TPSA) is 96.0 Å². The van der Waals surface area contributed by atoms with Crippen molar-refractivity contribution in [3.05, 3.63) is 59.1 Å². The van der Waals surface area contributed by atoms with Gasteiger partial charge in [-0.3, -0.25) is 13.9 Å². The minimum absolute atomic E-state index is 0.0709. The number of carbonyl (C=O) groups is 2. The average molecular weight is 566 g/mol. The Balaban J connectivity index is 2.20. The Morgan fingerprint density at radius 1 is 1.05 bits per heavy atom. The molecule has 1 atom stereocenters. The number of halogens is 1. The lowest BCUT2D eigenvalue weighted by Crippen LogP contribution is -2.49. The lowest BCUT2D eigenvalue weighted by molar-refractivity contribution is -0.141. The second-order valence-electron chi connectivity index (χ2n) is 9.54. The molecule has 38 heavy (non-hydrogen) atoms. The average Bonchev–Trinajstić information content (AvgIpc) is 2.86. The van der Waals surface area contributed by atoms with Gasteiger partial charge in [-0.1, -0.05) is 50.6 Å². The van der Waals surface area contributed by atoms with Gasteiger partial charge in [-0.15, -0.1) is 0 Å². The van der Waals surface area contributed by atoms with Crippen LogP contribution in [0, 0.1) is 5.92 Å². The summed E-state index contributed by atoms with van der Waals surface area (Å²) in [7, 11) is -3.58. The summed E-state index contributed by atoms with van der Waals surface area (Å²) in [5.41, 5.74) is 1.24. The third-order valence-electron chi connectivity index (χ3n) is 5.96. The van der Waals surface area contributed by atoms with Crippen molar-refractivity contribution >= 4 is 39.1 Å². The van der Waals surface area contributed by atoms with Crippen molar-refractivity contribution in [3.8, 4) is 5.75 Å². The lowest BCUT2D eigenvalue weighted by Gasteiger charge is -2.31. The zero-order valence-electron chi connectivity index (χ0n) is 22.9. The van der Waals surface area contributed by atoms with Gasteiger partial charge in [-0.25, -0.2) is 8.42 Å². The van der Waals surface area contributed by atoms with Gasteiger partial charge in [0.05, 0.1) is 18.6 Å². The smallest absolute Gasteiger partial charge is 0.242 e. The minimum Gasteiger partial charge on any atom is -0.494 e. The molecule has 0 aliphatic carbocycles. The maximum Gasteiger partial charge on any atom is 0.242 e. The van der Waals surface area contributed by atoms with Gasteiger partial charge < -0.3 is 15.0 Å². The number of amides is 2. The monoisotopic (exact) mass is 565 g/mol. The summed E-state index contributed by atoms with van der Waals surface area (Å²) in [4.78, 5) is 28.1. The molecule has 0 aliphatic rings. The molecule has 1 N–H and O–H groups in total. The van der Waals surface area contributed by atoms with Crippen molar-refractivity contribution in [3.63, 3.8) is 0 Å². The number of nitrogens with zero attached hydrogens (tertiary/aromatic N) is 2. The van der Waals surface area contributed by atoms with Gasteiger partial charge >= 0.3 is 0 Å². The van der Waals surface area contributed by atoms with E-state index in [0.717, 1.165) is 11.8 Å². The van der Waals surface area contributed by atoms with Crippen molar-refractivity contribution in [2.45, 2.75) is 59.5 Å². The molecule has 2 amide bonds. The zero-order chi connectivity index (χ0) is 28.3.